The molecular weight excluding hydrogens is 406 g/mol. The quantitative estimate of drug-likeness (QED) is 0.581. The van der Waals surface area contributed by atoms with Gasteiger partial charge in [0, 0.05) is 64.6 Å². The van der Waals surface area contributed by atoms with Gasteiger partial charge in [0.15, 0.2) is 17.5 Å². The molecule has 0 atom stereocenters. The monoisotopic (exact) mass is 437 g/mol. The molecule has 32 heavy (non-hydrogen) atoms. The molecule has 0 spiro atoms. The number of hydrogen-bond donors (Lipinski definition) is 1. The molecule has 8 heteroatoms. The minimum Gasteiger partial charge on any atom is -0.454 e. The van der Waals surface area contributed by atoms with E-state index < -0.39 is 0 Å². The molecule has 0 bridgehead atoms. The van der Waals surface area contributed by atoms with Crippen LogP contribution in [0.25, 0.3) is 0 Å². The average Bonchev–Trinajstić information content (AvgIpc) is 3.34. The number of nitrogens with one attached hydrogen (secondary N) is 1. The number of nitrogens with zero attached hydrogens (tertiary/aromatic N) is 4. The van der Waals surface area contributed by atoms with Gasteiger partial charge in [-0.2, -0.15) is 0 Å². The van der Waals surface area contributed by atoms with E-state index in [1.165, 1.54) is 5.56 Å². The number of rotatable bonds is 4. The van der Waals surface area contributed by atoms with Crippen LogP contribution in [0.3, 0.4) is 0 Å². The third-order valence-corrected chi connectivity index (χ3v) is 6.78. The maximum Gasteiger partial charge on any atom is 0.231 e. The van der Waals surface area contributed by atoms with Gasteiger partial charge in [0.25, 0.3) is 0 Å². The molecule has 4 heterocycles. The molecule has 3 aliphatic heterocycles. The van der Waals surface area contributed by atoms with Gasteiger partial charge >= 0.3 is 0 Å². The second kappa shape index (κ2) is 9.24. The van der Waals surface area contributed by atoms with E-state index >= 15 is 0 Å². The van der Waals surface area contributed by atoms with E-state index in [1.807, 2.05) is 31.4 Å². The highest BCUT2D eigenvalue weighted by molar-refractivity contribution is 5.80. The lowest BCUT2D eigenvalue weighted by molar-refractivity contribution is 0.0511. The largest absolute Gasteiger partial charge is 0.454 e. The molecule has 0 radical (unpaired) electrons. The molecule has 2 saturated heterocycles. The predicted octanol–water partition coefficient (Wildman–Crippen LogP) is 2.26. The van der Waals surface area contributed by atoms with Crippen molar-refractivity contribution in [1.29, 1.82) is 0 Å². The Hall–Kier alpha value is -3.00. The van der Waals surface area contributed by atoms with Crippen molar-refractivity contribution >= 4 is 11.8 Å². The van der Waals surface area contributed by atoms with Crippen LogP contribution in [0.2, 0.25) is 0 Å². The number of hydrogen-bond acceptors (Lipinski definition) is 6. The topological polar surface area (TPSA) is 71.5 Å². The number of piperazine rings is 1. The van der Waals surface area contributed by atoms with E-state index in [-0.39, 0.29) is 5.41 Å². The van der Waals surface area contributed by atoms with E-state index in [2.05, 4.69) is 43.3 Å². The molecule has 0 aliphatic carbocycles. The minimum atomic E-state index is -0.0229. The van der Waals surface area contributed by atoms with Crippen molar-refractivity contribution in [3.8, 4) is 11.5 Å². The third kappa shape index (κ3) is 4.19. The Labute approximate surface area is 189 Å². The molecule has 0 saturated carbocycles. The van der Waals surface area contributed by atoms with Crippen LogP contribution in [0.5, 0.6) is 11.5 Å². The molecule has 8 nitrogen and oxygen atoms in total. The Morgan fingerprint density at radius 3 is 2.62 bits per heavy atom. The lowest BCUT2D eigenvalue weighted by atomic mass is 9.74. The number of fused-ring (bicyclic) bond motifs is 1. The van der Waals surface area contributed by atoms with Crippen molar-refractivity contribution in [2.24, 2.45) is 4.99 Å². The highest BCUT2D eigenvalue weighted by Gasteiger charge is 2.36. The molecule has 2 fully saturated rings. The Balaban J connectivity index is 1.26. The highest BCUT2D eigenvalue weighted by Crippen LogP contribution is 2.40. The summed E-state index contributed by atoms with van der Waals surface area (Å²) in [7, 11) is 1.87. The van der Waals surface area contributed by atoms with Crippen molar-refractivity contribution < 1.29 is 14.2 Å². The Morgan fingerprint density at radius 1 is 1.06 bits per heavy atom. The molecular formula is C24H31N5O3. The minimum absolute atomic E-state index is 0.0229. The van der Waals surface area contributed by atoms with Crippen LogP contribution in [0.4, 0.5) is 5.82 Å². The van der Waals surface area contributed by atoms with Crippen LogP contribution < -0.4 is 19.7 Å². The smallest absolute Gasteiger partial charge is 0.231 e. The van der Waals surface area contributed by atoms with E-state index in [1.54, 1.807) is 0 Å². The zero-order valence-electron chi connectivity index (χ0n) is 18.6. The second-order valence-electron chi connectivity index (χ2n) is 8.52. The van der Waals surface area contributed by atoms with Crippen LogP contribution >= 0.6 is 0 Å². The summed E-state index contributed by atoms with van der Waals surface area (Å²) in [6.07, 6.45) is 3.78. The number of anilines is 1. The summed E-state index contributed by atoms with van der Waals surface area (Å²) in [5.74, 6) is 3.66. The number of benzene rings is 1. The van der Waals surface area contributed by atoms with Crippen LogP contribution in [0.15, 0.2) is 47.6 Å². The van der Waals surface area contributed by atoms with E-state index in [0.29, 0.717) is 6.79 Å². The average molecular weight is 438 g/mol. The van der Waals surface area contributed by atoms with Gasteiger partial charge in [-0.25, -0.2) is 4.98 Å². The maximum atomic E-state index is 5.71. The molecule has 1 N–H and O–H groups in total. The normalized spacial score (nSPS) is 20.3. The van der Waals surface area contributed by atoms with Crippen LogP contribution in [0.1, 0.15) is 18.4 Å². The Morgan fingerprint density at radius 2 is 1.88 bits per heavy atom. The van der Waals surface area contributed by atoms with Crippen LogP contribution in [-0.2, 0) is 10.2 Å². The molecule has 0 amide bonds. The number of aromatic nitrogens is 1. The first-order valence-corrected chi connectivity index (χ1v) is 11.4. The SMILES string of the molecule is CN=C(NCC1(c2ccc3c(c2)OCO3)CCOCC1)N1CCN(c2ccccn2)CC1. The second-order valence-corrected chi connectivity index (χ2v) is 8.52. The van der Waals surface area contributed by atoms with Gasteiger partial charge in [-0.3, -0.25) is 4.99 Å². The molecule has 2 aromatic rings. The van der Waals surface area contributed by atoms with Gasteiger partial charge in [-0.1, -0.05) is 12.1 Å². The Kier molecular flexibility index (Phi) is 6.03. The van der Waals surface area contributed by atoms with Crippen molar-refractivity contribution in [2.75, 3.05) is 64.7 Å². The lowest BCUT2D eigenvalue weighted by Crippen LogP contribution is -2.55. The molecule has 0 unspecified atom stereocenters. The van der Waals surface area contributed by atoms with E-state index in [4.69, 9.17) is 14.2 Å². The molecule has 1 aromatic heterocycles. The van der Waals surface area contributed by atoms with Gasteiger partial charge in [0.2, 0.25) is 6.79 Å². The zero-order valence-corrected chi connectivity index (χ0v) is 18.6. The number of aliphatic imine (C=N–C) groups is 1. The summed E-state index contributed by atoms with van der Waals surface area (Å²) in [4.78, 5) is 13.8. The van der Waals surface area contributed by atoms with Crippen molar-refractivity contribution in [3.05, 3.63) is 48.2 Å². The Bertz CT molecular complexity index is 938. The highest BCUT2D eigenvalue weighted by atomic mass is 16.7. The fourth-order valence-electron chi connectivity index (χ4n) is 4.82. The van der Waals surface area contributed by atoms with E-state index in [9.17, 15) is 0 Å². The number of guanidine groups is 1. The standard InChI is InChI=1S/C24H31N5O3/c1-25-23(29-12-10-28(11-13-29)22-4-2-3-9-26-22)27-17-24(7-14-30-15-8-24)19-5-6-20-21(16-19)32-18-31-20/h2-6,9,16H,7-8,10-15,17-18H2,1H3,(H,25,27). The first-order chi connectivity index (χ1) is 15.8. The van der Waals surface area contributed by atoms with Crippen LogP contribution in [-0.4, -0.2) is 75.6 Å². The number of pyridine rings is 1. The summed E-state index contributed by atoms with van der Waals surface area (Å²) in [5.41, 5.74) is 1.25. The maximum absolute atomic E-state index is 5.71. The van der Waals surface area contributed by atoms with Gasteiger partial charge in [-0.15, -0.1) is 0 Å². The molecule has 1 aromatic carbocycles. The van der Waals surface area contributed by atoms with Gasteiger partial charge < -0.3 is 29.3 Å². The van der Waals surface area contributed by atoms with Crippen molar-refractivity contribution in [2.45, 2.75) is 18.3 Å². The molecule has 5 rings (SSSR count). The summed E-state index contributed by atoms with van der Waals surface area (Å²) in [5, 5.41) is 3.68. The molecule has 3 aliphatic rings. The third-order valence-electron chi connectivity index (χ3n) is 6.78. The predicted molar refractivity (Wildman–Crippen MR) is 124 cm³/mol. The van der Waals surface area contributed by atoms with Crippen molar-refractivity contribution in [1.82, 2.24) is 15.2 Å². The van der Waals surface area contributed by atoms with Crippen molar-refractivity contribution in [3.63, 3.8) is 0 Å². The zero-order chi connectivity index (χ0) is 21.8. The van der Waals surface area contributed by atoms with Gasteiger partial charge in [0.05, 0.1) is 0 Å². The van der Waals surface area contributed by atoms with Gasteiger partial charge in [0.1, 0.15) is 5.82 Å². The summed E-state index contributed by atoms with van der Waals surface area (Å²) in [6, 6.07) is 12.4. The fraction of sp³-hybridized carbons (Fsp3) is 0.500. The lowest BCUT2D eigenvalue weighted by Gasteiger charge is -2.41. The first kappa shape index (κ1) is 20.9. The molecule has 170 valence electrons. The van der Waals surface area contributed by atoms with Crippen LogP contribution in [0, 0.1) is 0 Å². The fourth-order valence-corrected chi connectivity index (χ4v) is 4.82. The summed E-state index contributed by atoms with van der Waals surface area (Å²) >= 11 is 0. The summed E-state index contributed by atoms with van der Waals surface area (Å²) < 4.78 is 16.9. The van der Waals surface area contributed by atoms with E-state index in [0.717, 1.165) is 82.1 Å². The first-order valence-electron chi connectivity index (χ1n) is 11.4. The van der Waals surface area contributed by atoms with Gasteiger partial charge in [-0.05, 0) is 42.7 Å². The number of ether oxygens (including phenoxy) is 3. The summed E-state index contributed by atoms with van der Waals surface area (Å²) in [6.45, 7) is 6.31.